The van der Waals surface area contributed by atoms with Gasteiger partial charge in [-0.25, -0.2) is 0 Å². The topological polar surface area (TPSA) is 88.1 Å². The van der Waals surface area contributed by atoms with Gasteiger partial charge < -0.3 is 15.8 Å². The minimum absolute atomic E-state index is 0.307. The summed E-state index contributed by atoms with van der Waals surface area (Å²) in [5, 5.41) is 11.8. The molecule has 0 aliphatic carbocycles. The van der Waals surface area contributed by atoms with Crippen LogP contribution in [-0.4, -0.2) is 13.0 Å². The van der Waals surface area contributed by atoms with Crippen molar-refractivity contribution in [3.05, 3.63) is 52.0 Å². The Balaban J connectivity index is 2.37. The normalized spacial score (nSPS) is 9.76. The third-order valence-electron chi connectivity index (χ3n) is 2.82. The molecule has 0 aromatic heterocycles. The predicted octanol–water partition coefficient (Wildman–Crippen LogP) is 3.16. The third-order valence-corrected chi connectivity index (χ3v) is 3.31. The number of hydrogen-bond donors (Lipinski definition) is 2. The first-order valence-electron chi connectivity index (χ1n) is 5.99. The molecule has 0 radical (unpaired) electrons. The number of amides is 1. The second-order valence-electron chi connectivity index (χ2n) is 4.22. The van der Waals surface area contributed by atoms with Crippen molar-refractivity contribution >= 4 is 33.2 Å². The van der Waals surface area contributed by atoms with Crippen molar-refractivity contribution in [3.8, 4) is 11.8 Å². The Morgan fingerprint density at radius 2 is 2.10 bits per heavy atom. The zero-order valence-electron chi connectivity index (χ0n) is 11.2. The molecule has 0 bridgehead atoms. The van der Waals surface area contributed by atoms with Gasteiger partial charge in [-0.2, -0.15) is 5.26 Å². The zero-order valence-corrected chi connectivity index (χ0v) is 12.8. The maximum Gasteiger partial charge on any atom is 0.259 e. The number of carbonyl (C=O) groups excluding carboxylic acids is 1. The molecule has 0 spiro atoms. The number of nitrogens with one attached hydrogen (secondary N) is 1. The number of nitrogens with zero attached hydrogens (tertiary/aromatic N) is 1. The fraction of sp³-hybridized carbons (Fsp3) is 0.0667. The van der Waals surface area contributed by atoms with Crippen molar-refractivity contribution in [1.29, 1.82) is 5.26 Å². The summed E-state index contributed by atoms with van der Waals surface area (Å²) in [6.45, 7) is 0. The number of nitriles is 1. The Morgan fingerprint density at radius 3 is 2.76 bits per heavy atom. The van der Waals surface area contributed by atoms with Gasteiger partial charge in [0.15, 0.2) is 0 Å². The zero-order chi connectivity index (χ0) is 15.4. The molecule has 0 fully saturated rings. The van der Waals surface area contributed by atoms with Gasteiger partial charge in [-0.05, 0) is 36.4 Å². The summed E-state index contributed by atoms with van der Waals surface area (Å²) in [6, 6.07) is 11.8. The summed E-state index contributed by atoms with van der Waals surface area (Å²) < 4.78 is 5.91. The van der Waals surface area contributed by atoms with Gasteiger partial charge >= 0.3 is 0 Å². The molecule has 5 nitrogen and oxygen atoms in total. The number of benzene rings is 2. The highest BCUT2D eigenvalue weighted by Gasteiger charge is 2.14. The molecule has 1 amide bonds. The highest BCUT2D eigenvalue weighted by molar-refractivity contribution is 9.10. The molecule has 0 unspecified atom stereocenters. The van der Waals surface area contributed by atoms with Gasteiger partial charge in [0, 0.05) is 10.2 Å². The number of ether oxygens (including phenoxy) is 1. The number of rotatable bonds is 3. The number of nitrogen functional groups attached to an aromatic ring is 1. The third kappa shape index (κ3) is 3.33. The van der Waals surface area contributed by atoms with E-state index in [0.717, 1.165) is 4.47 Å². The first-order chi connectivity index (χ1) is 10.0. The fourth-order valence-corrected chi connectivity index (χ4v) is 2.17. The average Bonchev–Trinajstić information content (AvgIpc) is 2.47. The molecule has 0 heterocycles. The highest BCUT2D eigenvalue weighted by atomic mass is 79.9. The van der Waals surface area contributed by atoms with Crippen LogP contribution in [0, 0.1) is 11.3 Å². The first kappa shape index (κ1) is 14.9. The van der Waals surface area contributed by atoms with Crippen LogP contribution in [0.2, 0.25) is 0 Å². The highest BCUT2D eigenvalue weighted by Crippen LogP contribution is 2.25. The van der Waals surface area contributed by atoms with Gasteiger partial charge in [-0.1, -0.05) is 15.9 Å². The van der Waals surface area contributed by atoms with Crippen molar-refractivity contribution < 1.29 is 9.53 Å². The molecule has 21 heavy (non-hydrogen) atoms. The van der Waals surface area contributed by atoms with Crippen LogP contribution in [0.15, 0.2) is 40.9 Å². The monoisotopic (exact) mass is 345 g/mol. The van der Waals surface area contributed by atoms with E-state index in [-0.39, 0.29) is 0 Å². The number of anilines is 2. The Hall–Kier alpha value is -2.52. The van der Waals surface area contributed by atoms with Gasteiger partial charge in [0.2, 0.25) is 0 Å². The number of nitrogens with two attached hydrogens (primary N) is 1. The quantitative estimate of drug-likeness (QED) is 0.836. The van der Waals surface area contributed by atoms with E-state index >= 15 is 0 Å². The minimum atomic E-state index is -0.395. The van der Waals surface area contributed by atoms with E-state index in [4.69, 9.17) is 15.7 Å². The number of carbonyl (C=O) groups is 1. The minimum Gasteiger partial charge on any atom is -0.496 e. The standard InChI is InChI=1S/C15H12BrN3O2/c1-21-14-5-4-11(18)7-12(14)15(20)19-13-6-10(16)3-2-9(13)8-17/h2-7H,18H2,1H3,(H,19,20). The average molecular weight is 346 g/mol. The summed E-state index contributed by atoms with van der Waals surface area (Å²) in [6.07, 6.45) is 0. The van der Waals surface area contributed by atoms with Crippen LogP contribution < -0.4 is 15.8 Å². The van der Waals surface area contributed by atoms with Gasteiger partial charge in [0.25, 0.3) is 5.91 Å². The van der Waals surface area contributed by atoms with Gasteiger partial charge in [0.1, 0.15) is 11.8 Å². The van der Waals surface area contributed by atoms with E-state index < -0.39 is 5.91 Å². The molecule has 2 aromatic rings. The van der Waals surface area contributed by atoms with Crippen molar-refractivity contribution in [3.63, 3.8) is 0 Å². The summed E-state index contributed by atoms with van der Waals surface area (Å²) in [7, 11) is 1.47. The Kier molecular flexibility index (Phi) is 4.45. The lowest BCUT2D eigenvalue weighted by atomic mass is 10.1. The van der Waals surface area contributed by atoms with Gasteiger partial charge in [0.05, 0.1) is 23.9 Å². The second kappa shape index (κ2) is 6.29. The molecular weight excluding hydrogens is 334 g/mol. The molecule has 3 N–H and O–H groups in total. The summed E-state index contributed by atoms with van der Waals surface area (Å²) in [4.78, 5) is 12.4. The van der Waals surface area contributed by atoms with Crippen molar-refractivity contribution in [2.24, 2.45) is 0 Å². The lowest BCUT2D eigenvalue weighted by molar-refractivity contribution is 0.102. The van der Waals surface area contributed by atoms with Crippen LogP contribution in [0.1, 0.15) is 15.9 Å². The van der Waals surface area contributed by atoms with Crippen LogP contribution in [-0.2, 0) is 0 Å². The van der Waals surface area contributed by atoms with Crippen LogP contribution in [0.3, 0.4) is 0 Å². The fourth-order valence-electron chi connectivity index (χ4n) is 1.81. The number of halogens is 1. The van der Waals surface area contributed by atoms with E-state index in [1.807, 2.05) is 6.07 Å². The van der Waals surface area contributed by atoms with Gasteiger partial charge in [-0.15, -0.1) is 0 Å². The lowest BCUT2D eigenvalue weighted by Crippen LogP contribution is -2.14. The van der Waals surface area contributed by atoms with E-state index in [1.165, 1.54) is 13.2 Å². The largest absolute Gasteiger partial charge is 0.496 e. The molecule has 6 heteroatoms. The van der Waals surface area contributed by atoms with E-state index in [0.29, 0.717) is 28.3 Å². The van der Waals surface area contributed by atoms with Crippen LogP contribution in [0.5, 0.6) is 5.75 Å². The summed E-state index contributed by atoms with van der Waals surface area (Å²) in [5.74, 6) is 0.0176. The smallest absolute Gasteiger partial charge is 0.259 e. The van der Waals surface area contributed by atoms with Gasteiger partial charge in [-0.3, -0.25) is 4.79 Å². The van der Waals surface area contributed by atoms with Crippen LogP contribution in [0.25, 0.3) is 0 Å². The lowest BCUT2D eigenvalue weighted by Gasteiger charge is -2.11. The molecule has 0 aliphatic heterocycles. The summed E-state index contributed by atoms with van der Waals surface area (Å²) in [5.41, 5.74) is 7.25. The molecule has 0 saturated heterocycles. The van der Waals surface area contributed by atoms with E-state index in [1.54, 1.807) is 30.3 Å². The molecule has 106 valence electrons. The Bertz CT molecular complexity index is 738. The van der Waals surface area contributed by atoms with E-state index in [9.17, 15) is 4.79 Å². The SMILES string of the molecule is COc1ccc(N)cc1C(=O)Nc1cc(Br)ccc1C#N. The molecule has 0 aliphatic rings. The maximum absolute atomic E-state index is 12.4. The number of methoxy groups -OCH3 is 1. The van der Waals surface area contributed by atoms with Crippen LogP contribution in [0.4, 0.5) is 11.4 Å². The molecule has 0 saturated carbocycles. The molecule has 0 atom stereocenters. The molecule has 2 aromatic carbocycles. The molecule has 2 rings (SSSR count). The Labute approximate surface area is 130 Å². The first-order valence-corrected chi connectivity index (χ1v) is 6.79. The van der Waals surface area contributed by atoms with Crippen molar-refractivity contribution in [2.45, 2.75) is 0 Å². The molecular formula is C15H12BrN3O2. The van der Waals surface area contributed by atoms with E-state index in [2.05, 4.69) is 21.2 Å². The summed E-state index contributed by atoms with van der Waals surface area (Å²) >= 11 is 3.31. The Morgan fingerprint density at radius 1 is 1.33 bits per heavy atom. The van der Waals surface area contributed by atoms with Crippen LogP contribution >= 0.6 is 15.9 Å². The van der Waals surface area contributed by atoms with Crippen molar-refractivity contribution in [1.82, 2.24) is 0 Å². The van der Waals surface area contributed by atoms with Crippen molar-refractivity contribution in [2.75, 3.05) is 18.2 Å². The maximum atomic E-state index is 12.4. The predicted molar refractivity (Wildman–Crippen MR) is 84.2 cm³/mol. The number of hydrogen-bond acceptors (Lipinski definition) is 4. The second-order valence-corrected chi connectivity index (χ2v) is 5.13.